The summed E-state index contributed by atoms with van der Waals surface area (Å²) in [5, 5.41) is 19.3. The fourth-order valence-corrected chi connectivity index (χ4v) is 2.06. The van der Waals surface area contributed by atoms with Gasteiger partial charge in [0.1, 0.15) is 11.5 Å². The Morgan fingerprint density at radius 3 is 2.21 bits per heavy atom. The Hall–Kier alpha value is -2.29. The van der Waals surface area contributed by atoms with Crippen LogP contribution in [0.4, 0.5) is 0 Å². The second-order valence-electron chi connectivity index (χ2n) is 4.61. The maximum atomic E-state index is 12.3. The maximum absolute atomic E-state index is 12.3. The molecule has 0 aliphatic rings. The Bertz CT molecular complexity index is 630. The summed E-state index contributed by atoms with van der Waals surface area (Å²) < 4.78 is 0. The smallest absolute Gasteiger partial charge is 0.167 e. The molecule has 0 heterocycles. The Balaban J connectivity index is 2.31. The van der Waals surface area contributed by atoms with Gasteiger partial charge in [-0.1, -0.05) is 24.3 Å². The summed E-state index contributed by atoms with van der Waals surface area (Å²) in [6.07, 6.45) is 0.213. The average Bonchev–Trinajstić information content (AvgIpc) is 2.38. The molecule has 0 spiro atoms. The van der Waals surface area contributed by atoms with Crippen LogP contribution in [0.5, 0.6) is 11.5 Å². The van der Waals surface area contributed by atoms with Gasteiger partial charge in [0.25, 0.3) is 0 Å². The standard InChI is InChI=1S/C16H16O3/c1-10-12(5-3-7-14(10)17)9-16(19)13-6-4-8-15(18)11(13)2/h3-8,17-18H,9H2,1-2H3. The van der Waals surface area contributed by atoms with E-state index >= 15 is 0 Å². The van der Waals surface area contributed by atoms with Crippen LogP contribution in [0, 0.1) is 13.8 Å². The molecule has 2 rings (SSSR count). The van der Waals surface area contributed by atoms with E-state index in [2.05, 4.69) is 0 Å². The first-order chi connectivity index (χ1) is 9.00. The number of benzene rings is 2. The highest BCUT2D eigenvalue weighted by molar-refractivity contribution is 5.99. The van der Waals surface area contributed by atoms with Crippen molar-refractivity contribution < 1.29 is 15.0 Å². The summed E-state index contributed by atoms with van der Waals surface area (Å²) in [5.74, 6) is 0.249. The number of phenols is 2. The summed E-state index contributed by atoms with van der Waals surface area (Å²) in [4.78, 5) is 12.3. The monoisotopic (exact) mass is 256 g/mol. The number of rotatable bonds is 3. The molecule has 19 heavy (non-hydrogen) atoms. The number of carbonyl (C=O) groups is 1. The zero-order valence-corrected chi connectivity index (χ0v) is 11.0. The molecular weight excluding hydrogens is 240 g/mol. The van der Waals surface area contributed by atoms with E-state index in [9.17, 15) is 15.0 Å². The third-order valence-electron chi connectivity index (χ3n) is 3.37. The van der Waals surface area contributed by atoms with Crippen molar-refractivity contribution in [1.29, 1.82) is 0 Å². The molecule has 0 radical (unpaired) electrons. The number of Topliss-reactive ketones (excluding diaryl/α,β-unsaturated/α-hetero) is 1. The zero-order valence-electron chi connectivity index (χ0n) is 11.0. The van der Waals surface area contributed by atoms with Gasteiger partial charge in [-0.3, -0.25) is 4.79 Å². The minimum Gasteiger partial charge on any atom is -0.508 e. The number of hydrogen-bond acceptors (Lipinski definition) is 3. The zero-order chi connectivity index (χ0) is 14.0. The van der Waals surface area contributed by atoms with Crippen LogP contribution in [0.15, 0.2) is 36.4 Å². The molecule has 0 atom stereocenters. The van der Waals surface area contributed by atoms with E-state index in [0.29, 0.717) is 16.7 Å². The fraction of sp³-hybridized carbons (Fsp3) is 0.188. The second kappa shape index (κ2) is 5.14. The number of carbonyl (C=O) groups excluding carboxylic acids is 1. The van der Waals surface area contributed by atoms with Gasteiger partial charge < -0.3 is 10.2 Å². The van der Waals surface area contributed by atoms with Gasteiger partial charge >= 0.3 is 0 Å². The molecule has 2 aromatic carbocycles. The summed E-state index contributed by atoms with van der Waals surface area (Å²) >= 11 is 0. The molecule has 0 bridgehead atoms. The lowest BCUT2D eigenvalue weighted by atomic mass is 9.96. The van der Waals surface area contributed by atoms with E-state index < -0.39 is 0 Å². The van der Waals surface area contributed by atoms with Gasteiger partial charge in [0, 0.05) is 17.5 Å². The van der Waals surface area contributed by atoms with Gasteiger partial charge in [-0.25, -0.2) is 0 Å². The van der Waals surface area contributed by atoms with Crippen LogP contribution in [0.3, 0.4) is 0 Å². The first-order valence-corrected chi connectivity index (χ1v) is 6.10. The van der Waals surface area contributed by atoms with Gasteiger partial charge in [0.2, 0.25) is 0 Å². The van der Waals surface area contributed by atoms with Crippen molar-refractivity contribution in [3.63, 3.8) is 0 Å². The highest BCUT2D eigenvalue weighted by Gasteiger charge is 2.14. The minimum absolute atomic E-state index is 0.0675. The van der Waals surface area contributed by atoms with Gasteiger partial charge in [-0.15, -0.1) is 0 Å². The van der Waals surface area contributed by atoms with Gasteiger partial charge in [0.05, 0.1) is 0 Å². The van der Waals surface area contributed by atoms with Crippen LogP contribution in [0.25, 0.3) is 0 Å². The van der Waals surface area contributed by atoms with E-state index in [4.69, 9.17) is 0 Å². The highest BCUT2D eigenvalue weighted by atomic mass is 16.3. The molecule has 0 aliphatic heterocycles. The molecule has 0 fully saturated rings. The van der Waals surface area contributed by atoms with Crippen molar-refractivity contribution >= 4 is 5.78 Å². The Labute approximate surface area is 112 Å². The van der Waals surface area contributed by atoms with Gasteiger partial charge in [-0.05, 0) is 37.1 Å². The minimum atomic E-state index is -0.0675. The Morgan fingerprint density at radius 1 is 0.947 bits per heavy atom. The first kappa shape index (κ1) is 13.1. The number of ketones is 1. The summed E-state index contributed by atoms with van der Waals surface area (Å²) in [6.45, 7) is 3.51. The van der Waals surface area contributed by atoms with Crippen molar-refractivity contribution in [3.8, 4) is 11.5 Å². The van der Waals surface area contributed by atoms with Crippen molar-refractivity contribution in [2.75, 3.05) is 0 Å². The second-order valence-corrected chi connectivity index (χ2v) is 4.61. The summed E-state index contributed by atoms with van der Waals surface area (Å²) in [7, 11) is 0. The van der Waals surface area contributed by atoms with E-state index in [1.165, 1.54) is 0 Å². The van der Waals surface area contributed by atoms with E-state index in [1.54, 1.807) is 44.2 Å². The quantitative estimate of drug-likeness (QED) is 0.829. The molecule has 2 N–H and O–H groups in total. The molecule has 3 heteroatoms. The first-order valence-electron chi connectivity index (χ1n) is 6.10. The van der Waals surface area contributed by atoms with Crippen molar-refractivity contribution in [2.24, 2.45) is 0 Å². The number of aromatic hydroxyl groups is 2. The van der Waals surface area contributed by atoms with Gasteiger partial charge in [0.15, 0.2) is 5.78 Å². The predicted octanol–water partition coefficient (Wildman–Crippen LogP) is 3.14. The molecule has 0 saturated heterocycles. The van der Waals surface area contributed by atoms with Crippen LogP contribution in [-0.4, -0.2) is 16.0 Å². The predicted molar refractivity (Wildman–Crippen MR) is 73.7 cm³/mol. The van der Waals surface area contributed by atoms with E-state index in [0.717, 1.165) is 5.56 Å². The normalized spacial score (nSPS) is 10.4. The lowest BCUT2D eigenvalue weighted by molar-refractivity contribution is 0.0991. The van der Waals surface area contributed by atoms with E-state index in [1.807, 2.05) is 6.07 Å². The van der Waals surface area contributed by atoms with Gasteiger partial charge in [-0.2, -0.15) is 0 Å². The number of hydrogen-bond donors (Lipinski definition) is 2. The Morgan fingerprint density at radius 2 is 1.53 bits per heavy atom. The van der Waals surface area contributed by atoms with Crippen molar-refractivity contribution in [2.45, 2.75) is 20.3 Å². The van der Waals surface area contributed by atoms with Crippen molar-refractivity contribution in [1.82, 2.24) is 0 Å². The third kappa shape index (κ3) is 2.60. The number of phenolic OH excluding ortho intramolecular Hbond substituents is 2. The molecule has 98 valence electrons. The topological polar surface area (TPSA) is 57.5 Å². The third-order valence-corrected chi connectivity index (χ3v) is 3.37. The SMILES string of the molecule is Cc1c(O)cccc1CC(=O)c1cccc(O)c1C. The lowest BCUT2D eigenvalue weighted by Crippen LogP contribution is -2.06. The molecule has 3 nitrogen and oxygen atoms in total. The van der Waals surface area contributed by atoms with Crippen LogP contribution in [-0.2, 0) is 6.42 Å². The van der Waals surface area contributed by atoms with Crippen LogP contribution < -0.4 is 0 Å². The van der Waals surface area contributed by atoms with Crippen LogP contribution in [0.2, 0.25) is 0 Å². The molecule has 0 amide bonds. The lowest BCUT2D eigenvalue weighted by Gasteiger charge is -2.09. The summed E-state index contributed by atoms with van der Waals surface area (Å²) in [5.41, 5.74) is 2.62. The average molecular weight is 256 g/mol. The molecule has 0 aromatic heterocycles. The fourth-order valence-electron chi connectivity index (χ4n) is 2.06. The van der Waals surface area contributed by atoms with Crippen LogP contribution >= 0.6 is 0 Å². The summed E-state index contributed by atoms with van der Waals surface area (Å²) in [6, 6.07) is 10.1. The van der Waals surface area contributed by atoms with Crippen LogP contribution in [0.1, 0.15) is 27.0 Å². The molecule has 0 saturated carbocycles. The molecular formula is C16H16O3. The van der Waals surface area contributed by atoms with Crippen molar-refractivity contribution in [3.05, 3.63) is 58.7 Å². The highest BCUT2D eigenvalue weighted by Crippen LogP contribution is 2.24. The maximum Gasteiger partial charge on any atom is 0.167 e. The largest absolute Gasteiger partial charge is 0.508 e. The Kier molecular flexibility index (Phi) is 3.56. The van der Waals surface area contributed by atoms with E-state index in [-0.39, 0.29) is 23.7 Å². The molecule has 0 aliphatic carbocycles. The molecule has 0 unspecified atom stereocenters. The molecule has 2 aromatic rings.